The Hall–Kier alpha value is -1.75. The number of likely N-dealkylation sites (N-methyl/N-ethyl adjacent to an activating group) is 1. The normalized spacial score (nSPS) is 16.2. The van der Waals surface area contributed by atoms with Gasteiger partial charge in [-0.1, -0.05) is 6.07 Å². The van der Waals surface area contributed by atoms with Gasteiger partial charge in [0.15, 0.2) is 0 Å². The van der Waals surface area contributed by atoms with E-state index in [2.05, 4.69) is 29.5 Å². The second-order valence-corrected chi connectivity index (χ2v) is 5.21. The van der Waals surface area contributed by atoms with Crippen LogP contribution in [0.3, 0.4) is 0 Å². The Labute approximate surface area is 114 Å². The van der Waals surface area contributed by atoms with E-state index in [4.69, 9.17) is 5.73 Å². The Kier molecular flexibility index (Phi) is 4.27. The van der Waals surface area contributed by atoms with Gasteiger partial charge in [-0.2, -0.15) is 0 Å². The maximum absolute atomic E-state index is 11.8. The zero-order chi connectivity index (χ0) is 13.8. The van der Waals surface area contributed by atoms with Crippen LogP contribution in [0.2, 0.25) is 0 Å². The van der Waals surface area contributed by atoms with Crippen molar-refractivity contribution in [3.63, 3.8) is 0 Å². The number of hydrogen-bond donors (Lipinski definition) is 3. The van der Waals surface area contributed by atoms with Crippen molar-refractivity contribution in [3.05, 3.63) is 24.3 Å². The van der Waals surface area contributed by atoms with Crippen LogP contribution in [0.4, 0.5) is 16.2 Å². The molecule has 0 bridgehead atoms. The second kappa shape index (κ2) is 5.93. The van der Waals surface area contributed by atoms with E-state index in [0.29, 0.717) is 30.0 Å². The fourth-order valence-electron chi connectivity index (χ4n) is 2.02. The first-order chi connectivity index (χ1) is 9.06. The Balaban J connectivity index is 1.75. The van der Waals surface area contributed by atoms with Crippen LogP contribution in [0.1, 0.15) is 19.8 Å². The van der Waals surface area contributed by atoms with E-state index in [1.54, 1.807) is 12.1 Å². The number of urea groups is 1. The summed E-state index contributed by atoms with van der Waals surface area (Å²) >= 11 is 0. The number of nitrogens with zero attached hydrogens (tertiary/aromatic N) is 1. The molecule has 0 saturated heterocycles. The van der Waals surface area contributed by atoms with Crippen molar-refractivity contribution in [2.45, 2.75) is 31.8 Å². The quantitative estimate of drug-likeness (QED) is 0.709. The molecule has 0 aromatic heterocycles. The number of carbonyl (C=O) groups excluding carboxylic acids is 1. The van der Waals surface area contributed by atoms with Gasteiger partial charge >= 0.3 is 6.03 Å². The molecule has 1 saturated carbocycles. The van der Waals surface area contributed by atoms with Gasteiger partial charge in [0, 0.05) is 30.0 Å². The number of amides is 2. The van der Waals surface area contributed by atoms with Crippen LogP contribution in [-0.4, -0.2) is 36.6 Å². The zero-order valence-corrected chi connectivity index (χ0v) is 11.5. The van der Waals surface area contributed by atoms with E-state index >= 15 is 0 Å². The number of benzene rings is 1. The molecule has 1 aliphatic carbocycles. The van der Waals surface area contributed by atoms with Crippen molar-refractivity contribution in [3.8, 4) is 0 Å². The van der Waals surface area contributed by atoms with Gasteiger partial charge in [-0.15, -0.1) is 0 Å². The molecule has 4 N–H and O–H groups in total. The van der Waals surface area contributed by atoms with Crippen molar-refractivity contribution in [1.82, 2.24) is 10.2 Å². The first-order valence-corrected chi connectivity index (χ1v) is 6.68. The highest BCUT2D eigenvalue weighted by Gasteiger charge is 2.29. The van der Waals surface area contributed by atoms with Crippen molar-refractivity contribution in [2.24, 2.45) is 0 Å². The van der Waals surface area contributed by atoms with E-state index in [1.165, 1.54) is 12.8 Å². The molecule has 2 amide bonds. The van der Waals surface area contributed by atoms with Gasteiger partial charge in [0.05, 0.1) is 0 Å². The average molecular weight is 262 g/mol. The fourth-order valence-corrected chi connectivity index (χ4v) is 2.02. The predicted octanol–water partition coefficient (Wildman–Crippen LogP) is 1.87. The number of rotatable bonds is 5. The highest BCUT2D eigenvalue weighted by Crippen LogP contribution is 2.26. The maximum atomic E-state index is 11.8. The predicted molar refractivity (Wildman–Crippen MR) is 78.1 cm³/mol. The van der Waals surface area contributed by atoms with Gasteiger partial charge in [-0.3, -0.25) is 4.90 Å². The number of nitrogen functional groups attached to an aromatic ring is 1. The highest BCUT2D eigenvalue weighted by molar-refractivity contribution is 5.89. The van der Waals surface area contributed by atoms with Gasteiger partial charge < -0.3 is 16.4 Å². The molecule has 104 valence electrons. The SMILES string of the molecule is CC(CNC(=O)Nc1cccc(N)c1)N(C)C1CC1. The first-order valence-electron chi connectivity index (χ1n) is 6.68. The van der Waals surface area contributed by atoms with Gasteiger partial charge in [0.1, 0.15) is 0 Å². The van der Waals surface area contributed by atoms with E-state index in [0.717, 1.165) is 0 Å². The third-order valence-electron chi connectivity index (χ3n) is 3.52. The highest BCUT2D eigenvalue weighted by atomic mass is 16.2. The average Bonchev–Trinajstić information content (AvgIpc) is 3.19. The lowest BCUT2D eigenvalue weighted by atomic mass is 10.3. The molecule has 0 aliphatic heterocycles. The molecule has 1 fully saturated rings. The van der Waals surface area contributed by atoms with Gasteiger partial charge in [-0.25, -0.2) is 4.79 Å². The number of nitrogens with two attached hydrogens (primary N) is 1. The molecule has 0 radical (unpaired) electrons. The molecule has 2 rings (SSSR count). The van der Waals surface area contributed by atoms with Crippen molar-refractivity contribution in [2.75, 3.05) is 24.6 Å². The van der Waals surface area contributed by atoms with Crippen LogP contribution in [0.25, 0.3) is 0 Å². The number of nitrogens with one attached hydrogen (secondary N) is 2. The van der Waals surface area contributed by atoms with E-state index in [9.17, 15) is 4.79 Å². The summed E-state index contributed by atoms with van der Waals surface area (Å²) in [6.45, 7) is 2.76. The summed E-state index contributed by atoms with van der Waals surface area (Å²) in [4.78, 5) is 14.1. The topological polar surface area (TPSA) is 70.4 Å². The molecule has 1 aromatic carbocycles. The van der Waals surface area contributed by atoms with Crippen LogP contribution in [0, 0.1) is 0 Å². The van der Waals surface area contributed by atoms with Crippen LogP contribution in [0.15, 0.2) is 24.3 Å². The Morgan fingerprint density at radius 3 is 2.89 bits per heavy atom. The largest absolute Gasteiger partial charge is 0.399 e. The third kappa shape index (κ3) is 4.13. The van der Waals surface area contributed by atoms with E-state index in [1.807, 2.05) is 12.1 Å². The summed E-state index contributed by atoms with van der Waals surface area (Å²) in [7, 11) is 2.11. The molecule has 1 unspecified atom stereocenters. The summed E-state index contributed by atoms with van der Waals surface area (Å²) < 4.78 is 0. The third-order valence-corrected chi connectivity index (χ3v) is 3.52. The minimum atomic E-state index is -0.193. The molecule has 0 heterocycles. The van der Waals surface area contributed by atoms with Crippen molar-refractivity contribution >= 4 is 17.4 Å². The molecule has 5 heteroatoms. The minimum Gasteiger partial charge on any atom is -0.399 e. The molecule has 19 heavy (non-hydrogen) atoms. The minimum absolute atomic E-state index is 0.193. The van der Waals surface area contributed by atoms with Crippen molar-refractivity contribution in [1.29, 1.82) is 0 Å². The van der Waals surface area contributed by atoms with Crippen molar-refractivity contribution < 1.29 is 4.79 Å². The van der Waals surface area contributed by atoms with Crippen LogP contribution in [0.5, 0.6) is 0 Å². The Morgan fingerprint density at radius 1 is 1.53 bits per heavy atom. The van der Waals surface area contributed by atoms with Gasteiger partial charge in [0.2, 0.25) is 0 Å². The Morgan fingerprint density at radius 2 is 2.26 bits per heavy atom. The summed E-state index contributed by atoms with van der Waals surface area (Å²) in [5.74, 6) is 0. The second-order valence-electron chi connectivity index (χ2n) is 5.21. The number of anilines is 2. The molecule has 1 aliphatic rings. The smallest absolute Gasteiger partial charge is 0.319 e. The van der Waals surface area contributed by atoms with Crippen LogP contribution in [-0.2, 0) is 0 Å². The van der Waals surface area contributed by atoms with Crippen LogP contribution < -0.4 is 16.4 Å². The lowest BCUT2D eigenvalue weighted by molar-refractivity contribution is 0.229. The zero-order valence-electron chi connectivity index (χ0n) is 11.5. The molecule has 5 nitrogen and oxygen atoms in total. The van der Waals surface area contributed by atoms with E-state index < -0.39 is 0 Å². The van der Waals surface area contributed by atoms with E-state index in [-0.39, 0.29) is 6.03 Å². The summed E-state index contributed by atoms with van der Waals surface area (Å²) in [6.07, 6.45) is 2.55. The maximum Gasteiger partial charge on any atom is 0.319 e. The summed E-state index contributed by atoms with van der Waals surface area (Å²) in [5, 5.41) is 5.65. The molecule has 1 aromatic rings. The standard InChI is InChI=1S/C14H22N4O/c1-10(18(2)13-6-7-13)9-16-14(19)17-12-5-3-4-11(15)8-12/h3-5,8,10,13H,6-7,9,15H2,1-2H3,(H2,16,17,19). The molecular weight excluding hydrogens is 240 g/mol. The van der Waals surface area contributed by atoms with Gasteiger partial charge in [-0.05, 0) is 45.0 Å². The number of hydrogen-bond acceptors (Lipinski definition) is 3. The number of carbonyl (C=O) groups is 1. The van der Waals surface area contributed by atoms with Gasteiger partial charge in [0.25, 0.3) is 0 Å². The fraction of sp³-hybridized carbons (Fsp3) is 0.500. The summed E-state index contributed by atoms with van der Waals surface area (Å²) in [6, 6.07) is 8.01. The lowest BCUT2D eigenvalue weighted by Crippen LogP contribution is -2.42. The lowest BCUT2D eigenvalue weighted by Gasteiger charge is -2.24. The molecule has 1 atom stereocenters. The monoisotopic (exact) mass is 262 g/mol. The van der Waals surface area contributed by atoms with Crippen LogP contribution >= 0.6 is 0 Å². The summed E-state index contributed by atoms with van der Waals surface area (Å²) in [5.41, 5.74) is 7.01. The first kappa shape index (κ1) is 13.7. The Bertz CT molecular complexity index is 445. The molecular formula is C14H22N4O. The molecule has 0 spiro atoms.